The summed E-state index contributed by atoms with van der Waals surface area (Å²) < 4.78 is 1.71. The van der Waals surface area contributed by atoms with Crippen molar-refractivity contribution in [2.45, 2.75) is 19.9 Å². The van der Waals surface area contributed by atoms with E-state index in [9.17, 15) is 9.90 Å². The van der Waals surface area contributed by atoms with Crippen LogP contribution in [-0.4, -0.2) is 32.4 Å². The van der Waals surface area contributed by atoms with Crippen LogP contribution in [0.3, 0.4) is 0 Å². The van der Waals surface area contributed by atoms with Gasteiger partial charge in [-0.15, -0.1) is 0 Å². The van der Waals surface area contributed by atoms with Gasteiger partial charge in [0.25, 0.3) is 0 Å². The number of nitrogens with zero attached hydrogens (tertiary/aromatic N) is 3. The minimum Gasteiger partial charge on any atom is -0.476 e. The van der Waals surface area contributed by atoms with Crippen LogP contribution in [0.1, 0.15) is 22.6 Å². The molecule has 0 radical (unpaired) electrons. The van der Waals surface area contributed by atoms with Crippen LogP contribution in [-0.2, 0) is 6.54 Å². The van der Waals surface area contributed by atoms with Crippen LogP contribution in [0.25, 0.3) is 11.3 Å². The molecule has 3 heterocycles. The third-order valence-electron chi connectivity index (χ3n) is 3.14. The second-order valence-corrected chi connectivity index (χ2v) is 4.55. The van der Waals surface area contributed by atoms with Gasteiger partial charge >= 0.3 is 5.97 Å². The Bertz CT molecular complexity index is 648. The third kappa shape index (κ3) is 1.95. The number of rotatable bonds is 2. The van der Waals surface area contributed by atoms with Gasteiger partial charge < -0.3 is 10.4 Å². The molecule has 0 saturated carbocycles. The minimum absolute atomic E-state index is 0.0579. The summed E-state index contributed by atoms with van der Waals surface area (Å²) in [7, 11) is 0. The lowest BCUT2D eigenvalue weighted by molar-refractivity contribution is 0.0690. The quantitative estimate of drug-likeness (QED) is 0.858. The summed E-state index contributed by atoms with van der Waals surface area (Å²) in [5, 5.41) is 16.7. The zero-order valence-corrected chi connectivity index (χ0v) is 10.6. The van der Waals surface area contributed by atoms with E-state index in [-0.39, 0.29) is 5.69 Å². The van der Waals surface area contributed by atoms with E-state index in [4.69, 9.17) is 0 Å². The molecular formula is C13H14N4O2. The summed E-state index contributed by atoms with van der Waals surface area (Å²) in [5.74, 6) is -0.274. The average molecular weight is 258 g/mol. The van der Waals surface area contributed by atoms with Gasteiger partial charge in [-0.3, -0.25) is 4.98 Å². The van der Waals surface area contributed by atoms with Gasteiger partial charge in [0, 0.05) is 18.8 Å². The highest BCUT2D eigenvalue weighted by Crippen LogP contribution is 2.32. The van der Waals surface area contributed by atoms with Gasteiger partial charge in [0.1, 0.15) is 5.82 Å². The van der Waals surface area contributed by atoms with Gasteiger partial charge in [-0.25, -0.2) is 9.48 Å². The number of carbonyl (C=O) groups is 1. The SMILES string of the molecule is Cc1cccc(-c2c(C(=O)O)nn3c2NCCC3)n1. The first-order chi connectivity index (χ1) is 9.16. The molecule has 0 bridgehead atoms. The number of hydrogen-bond donors (Lipinski definition) is 2. The molecule has 19 heavy (non-hydrogen) atoms. The predicted molar refractivity (Wildman–Crippen MR) is 70.3 cm³/mol. The lowest BCUT2D eigenvalue weighted by atomic mass is 10.1. The number of carboxylic acid groups (broad SMARTS) is 1. The molecule has 6 heteroatoms. The largest absolute Gasteiger partial charge is 0.476 e. The molecule has 2 aromatic rings. The van der Waals surface area contributed by atoms with Crippen LogP contribution in [0.4, 0.5) is 5.82 Å². The van der Waals surface area contributed by atoms with Crippen molar-refractivity contribution in [3.63, 3.8) is 0 Å². The fraction of sp³-hybridized carbons (Fsp3) is 0.308. The fourth-order valence-electron chi connectivity index (χ4n) is 2.31. The molecule has 0 fully saturated rings. The lowest BCUT2D eigenvalue weighted by Gasteiger charge is -2.16. The van der Waals surface area contributed by atoms with Crippen LogP contribution in [0.5, 0.6) is 0 Å². The van der Waals surface area contributed by atoms with Gasteiger partial charge in [0.05, 0.1) is 11.3 Å². The zero-order valence-electron chi connectivity index (χ0n) is 10.6. The van der Waals surface area contributed by atoms with Crippen LogP contribution in [0, 0.1) is 6.92 Å². The molecule has 0 atom stereocenters. The van der Waals surface area contributed by atoms with Crippen LogP contribution >= 0.6 is 0 Å². The number of aryl methyl sites for hydroxylation is 2. The van der Waals surface area contributed by atoms with Crippen LogP contribution in [0.2, 0.25) is 0 Å². The van der Waals surface area contributed by atoms with E-state index in [0.717, 1.165) is 31.0 Å². The molecule has 2 aromatic heterocycles. The minimum atomic E-state index is -1.03. The van der Waals surface area contributed by atoms with E-state index in [2.05, 4.69) is 15.4 Å². The van der Waals surface area contributed by atoms with Crippen molar-refractivity contribution in [1.82, 2.24) is 14.8 Å². The van der Waals surface area contributed by atoms with E-state index in [1.54, 1.807) is 4.68 Å². The number of nitrogens with one attached hydrogen (secondary N) is 1. The molecular weight excluding hydrogens is 244 g/mol. The van der Waals surface area contributed by atoms with Crippen molar-refractivity contribution in [2.75, 3.05) is 11.9 Å². The summed E-state index contributed by atoms with van der Waals surface area (Å²) in [6.07, 6.45) is 0.939. The van der Waals surface area contributed by atoms with E-state index >= 15 is 0 Å². The Balaban J connectivity index is 2.23. The number of anilines is 1. The summed E-state index contributed by atoms with van der Waals surface area (Å²) in [4.78, 5) is 15.8. The second kappa shape index (κ2) is 4.38. The number of aromatic nitrogens is 3. The highest BCUT2D eigenvalue weighted by atomic mass is 16.4. The normalized spacial score (nSPS) is 13.7. The molecule has 6 nitrogen and oxygen atoms in total. The second-order valence-electron chi connectivity index (χ2n) is 4.55. The van der Waals surface area contributed by atoms with Crippen molar-refractivity contribution in [2.24, 2.45) is 0 Å². The first-order valence-electron chi connectivity index (χ1n) is 6.19. The Hall–Kier alpha value is -2.37. The van der Waals surface area contributed by atoms with Crippen molar-refractivity contribution < 1.29 is 9.90 Å². The van der Waals surface area contributed by atoms with Gasteiger partial charge in [0.2, 0.25) is 0 Å². The fourth-order valence-corrected chi connectivity index (χ4v) is 2.31. The molecule has 98 valence electrons. The maximum atomic E-state index is 11.4. The predicted octanol–water partition coefficient (Wildman–Crippen LogP) is 1.77. The van der Waals surface area contributed by atoms with E-state index < -0.39 is 5.97 Å². The molecule has 0 aliphatic carbocycles. The highest BCUT2D eigenvalue weighted by Gasteiger charge is 2.26. The molecule has 1 aliphatic rings. The van der Waals surface area contributed by atoms with Crippen LogP contribution < -0.4 is 5.32 Å². The van der Waals surface area contributed by atoms with Gasteiger partial charge in [-0.2, -0.15) is 5.10 Å². The maximum Gasteiger partial charge on any atom is 0.357 e. The van der Waals surface area contributed by atoms with E-state index in [0.29, 0.717) is 11.3 Å². The summed E-state index contributed by atoms with van der Waals surface area (Å²) in [6.45, 7) is 3.44. The van der Waals surface area contributed by atoms with E-state index in [1.807, 2.05) is 25.1 Å². The Morgan fingerprint density at radius 3 is 3.05 bits per heavy atom. The monoisotopic (exact) mass is 258 g/mol. The molecule has 3 rings (SSSR count). The maximum absolute atomic E-state index is 11.4. The highest BCUT2D eigenvalue weighted by molar-refractivity contribution is 5.97. The van der Waals surface area contributed by atoms with Crippen molar-refractivity contribution in [3.05, 3.63) is 29.6 Å². The Morgan fingerprint density at radius 1 is 1.47 bits per heavy atom. The summed E-state index contributed by atoms with van der Waals surface area (Å²) in [5.41, 5.74) is 2.14. The molecule has 1 aliphatic heterocycles. The lowest BCUT2D eigenvalue weighted by Crippen LogP contribution is -2.17. The smallest absolute Gasteiger partial charge is 0.357 e. The third-order valence-corrected chi connectivity index (χ3v) is 3.14. The first-order valence-corrected chi connectivity index (χ1v) is 6.19. The molecule has 0 spiro atoms. The Morgan fingerprint density at radius 2 is 2.32 bits per heavy atom. The van der Waals surface area contributed by atoms with Gasteiger partial charge in [-0.1, -0.05) is 6.07 Å². The standard InChI is InChI=1S/C13H14N4O2/c1-8-4-2-5-9(15-8)10-11(13(18)19)16-17-7-3-6-14-12(10)17/h2,4-5,14H,3,6-7H2,1H3,(H,18,19). The first kappa shape index (κ1) is 11.7. The number of hydrogen-bond acceptors (Lipinski definition) is 4. The zero-order chi connectivity index (χ0) is 13.4. The summed E-state index contributed by atoms with van der Waals surface area (Å²) >= 11 is 0. The number of fused-ring (bicyclic) bond motifs is 1. The Kier molecular flexibility index (Phi) is 2.70. The van der Waals surface area contributed by atoms with Gasteiger partial charge in [0.15, 0.2) is 5.69 Å². The molecule has 0 amide bonds. The topological polar surface area (TPSA) is 80.0 Å². The number of aromatic carboxylic acids is 1. The van der Waals surface area contributed by atoms with Crippen LogP contribution in [0.15, 0.2) is 18.2 Å². The molecule has 0 unspecified atom stereocenters. The van der Waals surface area contributed by atoms with Crippen molar-refractivity contribution >= 4 is 11.8 Å². The Labute approximate surface area is 110 Å². The molecule has 0 saturated heterocycles. The number of pyridine rings is 1. The van der Waals surface area contributed by atoms with Crippen molar-refractivity contribution in [1.29, 1.82) is 0 Å². The average Bonchev–Trinajstić information content (AvgIpc) is 2.78. The molecule has 0 aromatic carbocycles. The molecule has 2 N–H and O–H groups in total. The number of carboxylic acids is 1. The van der Waals surface area contributed by atoms with E-state index in [1.165, 1.54) is 0 Å². The van der Waals surface area contributed by atoms with Crippen molar-refractivity contribution in [3.8, 4) is 11.3 Å². The van der Waals surface area contributed by atoms with Gasteiger partial charge in [-0.05, 0) is 25.5 Å². The summed E-state index contributed by atoms with van der Waals surface area (Å²) in [6, 6.07) is 5.57.